The fourth-order valence-corrected chi connectivity index (χ4v) is 1.61. The Morgan fingerprint density at radius 1 is 1.14 bits per heavy atom. The normalized spacial score (nSPS) is 18.6. The molecule has 1 heterocycles. The number of unbranched alkanes of at least 4 members (excludes halogenated alkanes) is 2. The number of nitrogens with one attached hydrogen (secondary N) is 1. The molecular formula is C11H23N2O. The van der Waals surface area contributed by atoms with Gasteiger partial charge in [0.15, 0.2) is 0 Å². The van der Waals surface area contributed by atoms with Crippen LogP contribution in [0.15, 0.2) is 0 Å². The van der Waals surface area contributed by atoms with Crippen LogP contribution in [0.3, 0.4) is 0 Å². The largest absolute Gasteiger partial charge is 0.379 e. The van der Waals surface area contributed by atoms with Gasteiger partial charge < -0.3 is 10.1 Å². The molecule has 0 aromatic carbocycles. The molecule has 0 amide bonds. The summed E-state index contributed by atoms with van der Waals surface area (Å²) in [6, 6.07) is 0. The van der Waals surface area contributed by atoms with Gasteiger partial charge >= 0.3 is 0 Å². The lowest BCUT2D eigenvalue weighted by molar-refractivity contribution is 0.0384. The zero-order valence-electron chi connectivity index (χ0n) is 9.13. The van der Waals surface area contributed by atoms with E-state index in [1.807, 2.05) is 0 Å². The minimum absolute atomic E-state index is 0.904. The molecule has 0 aromatic heterocycles. The smallest absolute Gasteiger partial charge is 0.0594 e. The molecule has 83 valence electrons. The monoisotopic (exact) mass is 199 g/mol. The standard InChI is InChI=1S/C11H23N2O/c1-2-3-4-5-12-6-7-13-8-10-14-11-9-13/h12H,1-11H2. The van der Waals surface area contributed by atoms with E-state index in [-0.39, 0.29) is 0 Å². The first kappa shape index (κ1) is 12.0. The molecule has 0 aromatic rings. The van der Waals surface area contributed by atoms with Crippen LogP contribution in [0.4, 0.5) is 0 Å². The van der Waals surface area contributed by atoms with Crippen molar-refractivity contribution in [1.82, 2.24) is 10.2 Å². The number of hydrogen-bond donors (Lipinski definition) is 1. The van der Waals surface area contributed by atoms with E-state index in [9.17, 15) is 0 Å². The molecule has 0 unspecified atom stereocenters. The van der Waals surface area contributed by atoms with Crippen LogP contribution in [0.1, 0.15) is 19.3 Å². The average molecular weight is 199 g/mol. The van der Waals surface area contributed by atoms with Crippen molar-refractivity contribution in [2.24, 2.45) is 0 Å². The average Bonchev–Trinajstić information content (AvgIpc) is 2.25. The van der Waals surface area contributed by atoms with Crippen LogP contribution in [0, 0.1) is 6.92 Å². The topological polar surface area (TPSA) is 24.5 Å². The fraction of sp³-hybridized carbons (Fsp3) is 0.909. The van der Waals surface area contributed by atoms with Crippen molar-refractivity contribution in [3.8, 4) is 0 Å². The Labute approximate surface area is 87.8 Å². The molecule has 1 aliphatic rings. The molecule has 0 aliphatic carbocycles. The highest BCUT2D eigenvalue weighted by molar-refractivity contribution is 4.63. The van der Waals surface area contributed by atoms with Crippen molar-refractivity contribution in [2.45, 2.75) is 19.3 Å². The summed E-state index contributed by atoms with van der Waals surface area (Å²) in [6.07, 6.45) is 3.56. The molecule has 0 atom stereocenters. The summed E-state index contributed by atoms with van der Waals surface area (Å²) in [6.45, 7) is 11.2. The van der Waals surface area contributed by atoms with Gasteiger partial charge in [0.1, 0.15) is 0 Å². The van der Waals surface area contributed by atoms with Gasteiger partial charge in [0.2, 0.25) is 0 Å². The molecule has 3 nitrogen and oxygen atoms in total. The molecule has 3 heteroatoms. The summed E-state index contributed by atoms with van der Waals surface area (Å²) < 4.78 is 5.29. The zero-order valence-corrected chi connectivity index (χ0v) is 9.13. The predicted octanol–water partition coefficient (Wildman–Crippen LogP) is 0.913. The molecule has 0 bridgehead atoms. The first-order chi connectivity index (χ1) is 6.93. The lowest BCUT2D eigenvalue weighted by Crippen LogP contribution is -2.40. The first-order valence-corrected chi connectivity index (χ1v) is 5.73. The van der Waals surface area contributed by atoms with Crippen molar-refractivity contribution in [3.63, 3.8) is 0 Å². The Bertz CT molecular complexity index is 124. The summed E-state index contributed by atoms with van der Waals surface area (Å²) in [5.74, 6) is 0. The van der Waals surface area contributed by atoms with Crippen LogP contribution < -0.4 is 5.32 Å². The Kier molecular flexibility index (Phi) is 7.01. The quantitative estimate of drug-likeness (QED) is 0.617. The summed E-state index contributed by atoms with van der Waals surface area (Å²) >= 11 is 0. The van der Waals surface area contributed by atoms with Gasteiger partial charge in [0.05, 0.1) is 13.2 Å². The Morgan fingerprint density at radius 2 is 1.93 bits per heavy atom. The number of hydrogen-bond acceptors (Lipinski definition) is 3. The molecule has 1 fully saturated rings. The van der Waals surface area contributed by atoms with Crippen molar-refractivity contribution >= 4 is 0 Å². The summed E-state index contributed by atoms with van der Waals surface area (Å²) in [4.78, 5) is 2.46. The van der Waals surface area contributed by atoms with Gasteiger partial charge in [-0.1, -0.05) is 19.8 Å². The van der Waals surface area contributed by atoms with E-state index in [0.717, 1.165) is 52.4 Å². The third kappa shape index (κ3) is 5.58. The maximum Gasteiger partial charge on any atom is 0.0594 e. The van der Waals surface area contributed by atoms with Gasteiger partial charge in [0, 0.05) is 26.2 Å². The van der Waals surface area contributed by atoms with Crippen molar-refractivity contribution in [2.75, 3.05) is 45.9 Å². The van der Waals surface area contributed by atoms with Crippen molar-refractivity contribution < 1.29 is 4.74 Å². The zero-order chi connectivity index (χ0) is 10.1. The van der Waals surface area contributed by atoms with E-state index in [1.54, 1.807) is 0 Å². The van der Waals surface area contributed by atoms with Crippen LogP contribution in [0.5, 0.6) is 0 Å². The molecule has 1 saturated heterocycles. The highest BCUT2D eigenvalue weighted by Crippen LogP contribution is 1.95. The van der Waals surface area contributed by atoms with E-state index >= 15 is 0 Å². The van der Waals surface area contributed by atoms with E-state index in [1.165, 1.54) is 12.8 Å². The van der Waals surface area contributed by atoms with Crippen LogP contribution in [-0.2, 0) is 4.74 Å². The van der Waals surface area contributed by atoms with Gasteiger partial charge in [-0.05, 0) is 13.0 Å². The number of nitrogens with zero attached hydrogens (tertiary/aromatic N) is 1. The van der Waals surface area contributed by atoms with Gasteiger partial charge in [-0.15, -0.1) is 0 Å². The maximum absolute atomic E-state index is 5.29. The van der Waals surface area contributed by atoms with Crippen LogP contribution >= 0.6 is 0 Å². The second kappa shape index (κ2) is 8.21. The van der Waals surface area contributed by atoms with Crippen molar-refractivity contribution in [1.29, 1.82) is 0 Å². The third-order valence-corrected chi connectivity index (χ3v) is 2.56. The molecule has 1 aliphatic heterocycles. The van der Waals surface area contributed by atoms with Crippen molar-refractivity contribution in [3.05, 3.63) is 6.92 Å². The molecule has 0 spiro atoms. The second-order valence-corrected chi connectivity index (χ2v) is 3.76. The van der Waals surface area contributed by atoms with E-state index < -0.39 is 0 Å². The Hall–Kier alpha value is -0.120. The fourth-order valence-electron chi connectivity index (χ4n) is 1.61. The van der Waals surface area contributed by atoms with Crippen LogP contribution in [-0.4, -0.2) is 50.8 Å². The van der Waals surface area contributed by atoms with E-state index in [4.69, 9.17) is 4.74 Å². The highest BCUT2D eigenvalue weighted by Gasteiger charge is 2.08. The highest BCUT2D eigenvalue weighted by atomic mass is 16.5. The summed E-state index contributed by atoms with van der Waals surface area (Å²) in [7, 11) is 0. The SMILES string of the molecule is [CH2]CCCCNCCN1CCOCC1. The van der Waals surface area contributed by atoms with Gasteiger partial charge in [-0.2, -0.15) is 0 Å². The predicted molar refractivity (Wildman–Crippen MR) is 59.3 cm³/mol. The Morgan fingerprint density at radius 3 is 2.64 bits per heavy atom. The van der Waals surface area contributed by atoms with Gasteiger partial charge in [-0.25, -0.2) is 0 Å². The van der Waals surface area contributed by atoms with Gasteiger partial charge in [0.25, 0.3) is 0 Å². The van der Waals surface area contributed by atoms with Crippen LogP contribution in [0.2, 0.25) is 0 Å². The molecule has 1 radical (unpaired) electrons. The number of ether oxygens (including phenoxy) is 1. The lowest BCUT2D eigenvalue weighted by atomic mass is 10.2. The number of rotatable bonds is 7. The lowest BCUT2D eigenvalue weighted by Gasteiger charge is -2.26. The van der Waals surface area contributed by atoms with E-state index in [0.29, 0.717) is 0 Å². The Balaban J connectivity index is 1.82. The third-order valence-electron chi connectivity index (χ3n) is 2.56. The minimum atomic E-state index is 0.904. The molecular weight excluding hydrogens is 176 g/mol. The first-order valence-electron chi connectivity index (χ1n) is 5.73. The number of morpholine rings is 1. The van der Waals surface area contributed by atoms with Crippen LogP contribution in [0.25, 0.3) is 0 Å². The molecule has 14 heavy (non-hydrogen) atoms. The summed E-state index contributed by atoms with van der Waals surface area (Å²) in [5, 5.41) is 3.46. The molecule has 0 saturated carbocycles. The maximum atomic E-state index is 5.29. The molecule has 1 N–H and O–H groups in total. The van der Waals surface area contributed by atoms with Gasteiger partial charge in [-0.3, -0.25) is 4.90 Å². The summed E-state index contributed by atoms with van der Waals surface area (Å²) in [5.41, 5.74) is 0. The molecule has 1 rings (SSSR count). The second-order valence-electron chi connectivity index (χ2n) is 3.76. The minimum Gasteiger partial charge on any atom is -0.379 e. The van der Waals surface area contributed by atoms with E-state index in [2.05, 4.69) is 17.1 Å².